The van der Waals surface area contributed by atoms with Gasteiger partial charge >= 0.3 is 11.9 Å². The van der Waals surface area contributed by atoms with Crippen molar-refractivity contribution in [2.75, 3.05) is 26.4 Å². The molecule has 0 aliphatic carbocycles. The van der Waals surface area contributed by atoms with Crippen LogP contribution in [0, 0.1) is 0 Å². The van der Waals surface area contributed by atoms with Gasteiger partial charge in [-0.2, -0.15) is 0 Å². The van der Waals surface area contributed by atoms with Crippen molar-refractivity contribution in [3.8, 4) is 0 Å². The van der Waals surface area contributed by atoms with Crippen molar-refractivity contribution in [3.05, 3.63) is 35.4 Å². The Kier molecular flexibility index (Phi) is 22.8. The second-order valence-corrected chi connectivity index (χ2v) is 8.51. The Labute approximate surface area is 207 Å². The molecule has 0 radical (unpaired) electrons. The molecule has 0 fully saturated rings. The quantitative estimate of drug-likeness (QED) is 0.174. The maximum absolute atomic E-state index is 12.4. The van der Waals surface area contributed by atoms with Crippen LogP contribution < -0.4 is 0 Å². The minimum Gasteiger partial charge on any atom is -0.462 e. The fourth-order valence-corrected chi connectivity index (χ4v) is 3.31. The molecule has 1 rings (SSSR count). The number of aliphatic hydroxyl groups excluding tert-OH is 2. The third-order valence-electron chi connectivity index (χ3n) is 5.40. The molecule has 1 aromatic carbocycles. The highest BCUT2D eigenvalue weighted by Crippen LogP contribution is 2.14. The second kappa shape index (κ2) is 24.2. The van der Waals surface area contributed by atoms with Gasteiger partial charge in [-0.1, -0.05) is 90.2 Å². The molecule has 6 heteroatoms. The fraction of sp³-hybridized carbons (Fsp3) is 0.714. The SMILES string of the molecule is CCCCCCCCOC(=O)c1ccccc1C(=O)OCCCCCCCC.OCCCCO. The summed E-state index contributed by atoms with van der Waals surface area (Å²) in [7, 11) is 0. The number of esters is 2. The van der Waals surface area contributed by atoms with Crippen LogP contribution in [0.5, 0.6) is 0 Å². The van der Waals surface area contributed by atoms with Crippen LogP contribution in [0.3, 0.4) is 0 Å². The van der Waals surface area contributed by atoms with Crippen molar-refractivity contribution in [2.24, 2.45) is 0 Å². The summed E-state index contributed by atoms with van der Waals surface area (Å²) >= 11 is 0. The normalized spacial score (nSPS) is 10.4. The van der Waals surface area contributed by atoms with Gasteiger partial charge < -0.3 is 19.7 Å². The maximum atomic E-state index is 12.4. The molecular formula is C28H48O6. The van der Waals surface area contributed by atoms with E-state index in [9.17, 15) is 9.59 Å². The van der Waals surface area contributed by atoms with Crippen LogP contribution in [0.15, 0.2) is 24.3 Å². The first-order chi connectivity index (χ1) is 16.6. The molecule has 0 atom stereocenters. The van der Waals surface area contributed by atoms with Crippen LogP contribution in [0.2, 0.25) is 0 Å². The lowest BCUT2D eigenvalue weighted by Crippen LogP contribution is -2.15. The van der Waals surface area contributed by atoms with E-state index in [1.165, 1.54) is 51.4 Å². The van der Waals surface area contributed by atoms with E-state index in [1.807, 2.05) is 0 Å². The van der Waals surface area contributed by atoms with E-state index in [2.05, 4.69) is 13.8 Å². The van der Waals surface area contributed by atoms with Gasteiger partial charge in [0.05, 0.1) is 24.3 Å². The van der Waals surface area contributed by atoms with Gasteiger partial charge in [0.25, 0.3) is 0 Å². The minimum absolute atomic E-state index is 0.195. The monoisotopic (exact) mass is 480 g/mol. The zero-order chi connectivity index (χ0) is 25.3. The summed E-state index contributed by atoms with van der Waals surface area (Å²) < 4.78 is 10.7. The number of carbonyl (C=O) groups excluding carboxylic acids is 2. The predicted molar refractivity (Wildman–Crippen MR) is 137 cm³/mol. The third kappa shape index (κ3) is 17.5. The lowest BCUT2D eigenvalue weighted by Gasteiger charge is -2.10. The molecule has 0 aliphatic heterocycles. The van der Waals surface area contributed by atoms with E-state index in [0.717, 1.165) is 38.5 Å². The lowest BCUT2D eigenvalue weighted by atomic mass is 10.1. The first kappa shape index (κ1) is 32.1. The van der Waals surface area contributed by atoms with E-state index < -0.39 is 11.9 Å². The Morgan fingerprint density at radius 3 is 1.29 bits per heavy atom. The fourth-order valence-electron chi connectivity index (χ4n) is 3.31. The van der Waals surface area contributed by atoms with Gasteiger partial charge in [0.15, 0.2) is 0 Å². The molecule has 196 valence electrons. The molecule has 0 saturated heterocycles. The Morgan fingerprint density at radius 1 is 0.588 bits per heavy atom. The highest BCUT2D eigenvalue weighted by Gasteiger charge is 2.18. The van der Waals surface area contributed by atoms with Crippen LogP contribution in [0.4, 0.5) is 0 Å². The summed E-state index contributed by atoms with van der Waals surface area (Å²) in [6, 6.07) is 6.74. The van der Waals surface area contributed by atoms with E-state index in [-0.39, 0.29) is 13.2 Å². The minimum atomic E-state index is -0.444. The van der Waals surface area contributed by atoms with Gasteiger partial charge in [-0.25, -0.2) is 9.59 Å². The molecule has 0 bridgehead atoms. The molecular weight excluding hydrogens is 432 g/mol. The summed E-state index contributed by atoms with van der Waals surface area (Å²) in [5.74, 6) is -0.888. The summed E-state index contributed by atoms with van der Waals surface area (Å²) in [6.07, 6.45) is 15.1. The molecule has 6 nitrogen and oxygen atoms in total. The zero-order valence-electron chi connectivity index (χ0n) is 21.6. The third-order valence-corrected chi connectivity index (χ3v) is 5.40. The smallest absolute Gasteiger partial charge is 0.339 e. The second-order valence-electron chi connectivity index (χ2n) is 8.51. The molecule has 0 aromatic heterocycles. The Morgan fingerprint density at radius 2 is 0.941 bits per heavy atom. The lowest BCUT2D eigenvalue weighted by molar-refractivity contribution is 0.0450. The molecule has 0 amide bonds. The number of carbonyl (C=O) groups is 2. The molecule has 0 spiro atoms. The highest BCUT2D eigenvalue weighted by molar-refractivity contribution is 6.03. The highest BCUT2D eigenvalue weighted by atomic mass is 16.5. The van der Waals surface area contributed by atoms with E-state index in [1.54, 1.807) is 24.3 Å². The number of hydrogen-bond acceptors (Lipinski definition) is 6. The van der Waals surface area contributed by atoms with Crippen molar-refractivity contribution >= 4 is 11.9 Å². The van der Waals surface area contributed by atoms with Crippen molar-refractivity contribution in [2.45, 2.75) is 104 Å². The van der Waals surface area contributed by atoms with Crippen LogP contribution in [-0.4, -0.2) is 48.6 Å². The summed E-state index contributed by atoms with van der Waals surface area (Å²) in [5.41, 5.74) is 0.586. The molecule has 0 saturated carbocycles. The van der Waals surface area contributed by atoms with Crippen LogP contribution in [0.1, 0.15) is 124 Å². The Hall–Kier alpha value is -1.92. The van der Waals surface area contributed by atoms with E-state index in [4.69, 9.17) is 19.7 Å². The molecule has 0 unspecified atom stereocenters. The average Bonchev–Trinajstić information content (AvgIpc) is 2.86. The van der Waals surface area contributed by atoms with Gasteiger partial charge in [-0.05, 0) is 37.8 Å². The number of rotatable bonds is 19. The Balaban J connectivity index is 0.00000160. The molecule has 1 aromatic rings. The largest absolute Gasteiger partial charge is 0.462 e. The summed E-state index contributed by atoms with van der Waals surface area (Å²) in [4.78, 5) is 24.7. The van der Waals surface area contributed by atoms with Gasteiger partial charge in [0.2, 0.25) is 0 Å². The van der Waals surface area contributed by atoms with Gasteiger partial charge in [-0.15, -0.1) is 0 Å². The number of benzene rings is 1. The van der Waals surface area contributed by atoms with E-state index >= 15 is 0 Å². The number of ether oxygens (including phenoxy) is 2. The van der Waals surface area contributed by atoms with Gasteiger partial charge in [0, 0.05) is 13.2 Å². The standard InChI is InChI=1S/C24H38O4.C4H10O2/c1-3-5-7-9-11-15-19-27-23(25)21-17-13-14-18-22(21)24(26)28-20-16-12-10-8-6-4-2;5-3-1-2-4-6/h13-14,17-18H,3-12,15-16,19-20H2,1-2H3;5-6H,1-4H2. The van der Waals surface area contributed by atoms with Crippen LogP contribution in [0.25, 0.3) is 0 Å². The first-order valence-electron chi connectivity index (χ1n) is 13.3. The van der Waals surface area contributed by atoms with Crippen molar-refractivity contribution in [1.82, 2.24) is 0 Å². The summed E-state index contributed by atoms with van der Waals surface area (Å²) in [6.45, 7) is 5.56. The van der Waals surface area contributed by atoms with Crippen molar-refractivity contribution in [3.63, 3.8) is 0 Å². The average molecular weight is 481 g/mol. The number of unbranched alkanes of at least 4 members (excludes halogenated alkanes) is 11. The number of aliphatic hydroxyl groups is 2. The first-order valence-corrected chi connectivity index (χ1v) is 13.3. The zero-order valence-corrected chi connectivity index (χ0v) is 21.6. The predicted octanol–water partition coefficient (Wildman–Crippen LogP) is 6.47. The molecule has 0 aliphatic rings. The molecule has 2 N–H and O–H groups in total. The molecule has 34 heavy (non-hydrogen) atoms. The topological polar surface area (TPSA) is 93.1 Å². The van der Waals surface area contributed by atoms with Gasteiger partial charge in [-0.3, -0.25) is 0 Å². The maximum Gasteiger partial charge on any atom is 0.339 e. The van der Waals surface area contributed by atoms with E-state index in [0.29, 0.717) is 24.3 Å². The Bertz CT molecular complexity index is 564. The summed E-state index contributed by atoms with van der Waals surface area (Å²) in [5, 5.41) is 16.2. The number of hydrogen-bond donors (Lipinski definition) is 2. The van der Waals surface area contributed by atoms with Crippen molar-refractivity contribution < 1.29 is 29.3 Å². The van der Waals surface area contributed by atoms with Crippen LogP contribution >= 0.6 is 0 Å². The van der Waals surface area contributed by atoms with Gasteiger partial charge in [0.1, 0.15) is 0 Å². The molecule has 0 heterocycles. The van der Waals surface area contributed by atoms with Crippen LogP contribution in [-0.2, 0) is 9.47 Å². The van der Waals surface area contributed by atoms with Crippen molar-refractivity contribution in [1.29, 1.82) is 0 Å².